The Balaban J connectivity index is 1.91. The highest BCUT2D eigenvalue weighted by Gasteiger charge is 2.00. The zero-order chi connectivity index (χ0) is 14.4. The van der Waals surface area contributed by atoms with Gasteiger partial charge in [-0.25, -0.2) is 0 Å². The quantitative estimate of drug-likeness (QED) is 0.517. The van der Waals surface area contributed by atoms with Crippen molar-refractivity contribution in [2.75, 3.05) is 5.32 Å². The van der Waals surface area contributed by atoms with Crippen molar-refractivity contribution in [3.05, 3.63) is 59.4 Å². The monoisotopic (exact) mass is 284 g/mol. The Kier molecular flexibility index (Phi) is 4.79. The average Bonchev–Trinajstić information content (AvgIpc) is 2.43. The molecule has 102 valence electrons. The second-order valence-electron chi connectivity index (χ2n) is 4.42. The van der Waals surface area contributed by atoms with Crippen LogP contribution in [-0.2, 0) is 0 Å². The molecule has 0 saturated heterocycles. The molecule has 0 atom stereocenters. The van der Waals surface area contributed by atoms with E-state index in [-0.39, 0.29) is 0 Å². The summed E-state index contributed by atoms with van der Waals surface area (Å²) in [5.74, 6) is 0. The van der Waals surface area contributed by atoms with Gasteiger partial charge in [-0.05, 0) is 55.4 Å². The van der Waals surface area contributed by atoms with Gasteiger partial charge in [0.1, 0.15) is 0 Å². The number of pyridine rings is 1. The van der Waals surface area contributed by atoms with Gasteiger partial charge in [-0.3, -0.25) is 10.4 Å². The van der Waals surface area contributed by atoms with Crippen LogP contribution >= 0.6 is 12.2 Å². The van der Waals surface area contributed by atoms with Gasteiger partial charge >= 0.3 is 0 Å². The zero-order valence-electron chi connectivity index (χ0n) is 11.4. The van der Waals surface area contributed by atoms with Gasteiger partial charge in [-0.15, -0.1) is 0 Å². The van der Waals surface area contributed by atoms with Crippen LogP contribution in [0.2, 0.25) is 0 Å². The summed E-state index contributed by atoms with van der Waals surface area (Å²) in [5.41, 5.74) is 7.10. The third kappa shape index (κ3) is 4.13. The predicted molar refractivity (Wildman–Crippen MR) is 87.1 cm³/mol. The Morgan fingerprint density at radius 2 is 1.95 bits per heavy atom. The summed E-state index contributed by atoms with van der Waals surface area (Å²) in [5, 5.41) is 7.66. The smallest absolute Gasteiger partial charge is 0.191 e. The first-order valence-corrected chi connectivity index (χ1v) is 6.63. The van der Waals surface area contributed by atoms with Gasteiger partial charge in [0.25, 0.3) is 0 Å². The van der Waals surface area contributed by atoms with Crippen molar-refractivity contribution in [1.82, 2.24) is 10.4 Å². The molecule has 2 aromatic rings. The van der Waals surface area contributed by atoms with Crippen LogP contribution < -0.4 is 10.7 Å². The molecule has 1 aromatic carbocycles. The summed E-state index contributed by atoms with van der Waals surface area (Å²) in [6, 6.07) is 9.88. The molecule has 4 nitrogen and oxygen atoms in total. The molecule has 20 heavy (non-hydrogen) atoms. The van der Waals surface area contributed by atoms with Crippen LogP contribution in [0, 0.1) is 13.8 Å². The molecular formula is C15H16N4S. The SMILES string of the molecule is Cc1ccc(NC(=S)N/N=C/c2ccncc2)c(C)c1. The molecule has 0 fully saturated rings. The van der Waals surface area contributed by atoms with Gasteiger partial charge in [-0.2, -0.15) is 5.10 Å². The Bertz CT molecular complexity index is 623. The number of benzene rings is 1. The Morgan fingerprint density at radius 1 is 1.20 bits per heavy atom. The molecular weight excluding hydrogens is 268 g/mol. The molecule has 1 heterocycles. The van der Waals surface area contributed by atoms with Crippen molar-refractivity contribution >= 4 is 29.2 Å². The Hall–Kier alpha value is -2.27. The molecule has 0 saturated carbocycles. The highest BCUT2D eigenvalue weighted by molar-refractivity contribution is 7.80. The molecule has 0 amide bonds. The number of nitrogens with zero attached hydrogens (tertiary/aromatic N) is 2. The highest BCUT2D eigenvalue weighted by atomic mass is 32.1. The summed E-state index contributed by atoms with van der Waals surface area (Å²) < 4.78 is 0. The van der Waals surface area contributed by atoms with E-state index in [1.54, 1.807) is 18.6 Å². The van der Waals surface area contributed by atoms with E-state index >= 15 is 0 Å². The van der Waals surface area contributed by atoms with E-state index in [4.69, 9.17) is 12.2 Å². The maximum absolute atomic E-state index is 5.20. The van der Waals surface area contributed by atoms with E-state index in [1.165, 1.54) is 5.56 Å². The van der Waals surface area contributed by atoms with Crippen LogP contribution in [0.5, 0.6) is 0 Å². The van der Waals surface area contributed by atoms with Crippen molar-refractivity contribution < 1.29 is 0 Å². The summed E-state index contributed by atoms with van der Waals surface area (Å²) in [6.45, 7) is 4.10. The summed E-state index contributed by atoms with van der Waals surface area (Å²) in [7, 11) is 0. The first-order chi connectivity index (χ1) is 9.65. The maximum Gasteiger partial charge on any atom is 0.191 e. The fourth-order valence-electron chi connectivity index (χ4n) is 1.72. The Morgan fingerprint density at radius 3 is 2.65 bits per heavy atom. The first-order valence-electron chi connectivity index (χ1n) is 6.22. The highest BCUT2D eigenvalue weighted by Crippen LogP contribution is 2.15. The number of hydrogen-bond donors (Lipinski definition) is 2. The second kappa shape index (κ2) is 6.77. The molecule has 5 heteroatoms. The van der Waals surface area contributed by atoms with E-state index < -0.39 is 0 Å². The number of thiocarbonyl (C=S) groups is 1. The normalized spacial score (nSPS) is 10.5. The Labute approximate surface area is 123 Å². The van der Waals surface area contributed by atoms with E-state index in [9.17, 15) is 0 Å². The van der Waals surface area contributed by atoms with E-state index in [0.717, 1.165) is 16.8 Å². The van der Waals surface area contributed by atoms with E-state index in [0.29, 0.717) is 5.11 Å². The van der Waals surface area contributed by atoms with Gasteiger partial charge in [0.2, 0.25) is 0 Å². The number of anilines is 1. The number of hydrazone groups is 1. The summed E-state index contributed by atoms with van der Waals surface area (Å²) >= 11 is 5.20. The van der Waals surface area contributed by atoms with Crippen molar-refractivity contribution in [3.8, 4) is 0 Å². The fourth-order valence-corrected chi connectivity index (χ4v) is 1.88. The molecule has 0 unspecified atom stereocenters. The molecule has 0 spiro atoms. The predicted octanol–water partition coefficient (Wildman–Crippen LogP) is 3.02. The molecule has 0 aliphatic rings. The van der Waals surface area contributed by atoms with Gasteiger partial charge in [-0.1, -0.05) is 17.7 Å². The van der Waals surface area contributed by atoms with Gasteiger partial charge in [0, 0.05) is 18.1 Å². The number of aryl methyl sites for hydroxylation is 2. The molecule has 0 radical (unpaired) electrons. The van der Waals surface area contributed by atoms with E-state index in [1.807, 2.05) is 31.2 Å². The minimum absolute atomic E-state index is 0.460. The topological polar surface area (TPSA) is 49.3 Å². The minimum atomic E-state index is 0.460. The van der Waals surface area contributed by atoms with Crippen LogP contribution in [0.25, 0.3) is 0 Å². The van der Waals surface area contributed by atoms with Crippen LogP contribution in [-0.4, -0.2) is 16.3 Å². The molecule has 2 N–H and O–H groups in total. The number of aromatic nitrogens is 1. The lowest BCUT2D eigenvalue weighted by Gasteiger charge is -2.10. The van der Waals surface area contributed by atoms with Crippen LogP contribution in [0.4, 0.5) is 5.69 Å². The lowest BCUT2D eigenvalue weighted by molar-refractivity contribution is 1.05. The molecule has 0 aliphatic heterocycles. The van der Waals surface area contributed by atoms with Crippen LogP contribution in [0.1, 0.15) is 16.7 Å². The lowest BCUT2D eigenvalue weighted by atomic mass is 10.1. The van der Waals surface area contributed by atoms with Gasteiger partial charge < -0.3 is 5.32 Å². The third-order valence-corrected chi connectivity index (χ3v) is 2.91. The number of rotatable bonds is 3. The van der Waals surface area contributed by atoms with Crippen molar-refractivity contribution in [2.24, 2.45) is 5.10 Å². The summed E-state index contributed by atoms with van der Waals surface area (Å²) in [6.07, 6.45) is 5.12. The molecule has 2 rings (SSSR count). The average molecular weight is 284 g/mol. The molecule has 0 aliphatic carbocycles. The van der Waals surface area contributed by atoms with Crippen LogP contribution in [0.15, 0.2) is 47.8 Å². The van der Waals surface area contributed by atoms with Gasteiger partial charge in [0.15, 0.2) is 5.11 Å². The van der Waals surface area contributed by atoms with Gasteiger partial charge in [0.05, 0.1) is 6.21 Å². The zero-order valence-corrected chi connectivity index (χ0v) is 12.2. The first kappa shape index (κ1) is 14.1. The molecule has 1 aromatic heterocycles. The van der Waals surface area contributed by atoms with Crippen LogP contribution in [0.3, 0.4) is 0 Å². The minimum Gasteiger partial charge on any atom is -0.331 e. The van der Waals surface area contributed by atoms with Crippen molar-refractivity contribution in [3.63, 3.8) is 0 Å². The standard InChI is InChI=1S/C15H16N4S/c1-11-3-4-14(12(2)9-11)18-15(20)19-17-10-13-5-7-16-8-6-13/h3-10H,1-2H3,(H2,18,19,20)/b17-10+. The third-order valence-electron chi connectivity index (χ3n) is 2.72. The largest absolute Gasteiger partial charge is 0.331 e. The maximum atomic E-state index is 5.20. The molecule has 0 bridgehead atoms. The number of nitrogens with one attached hydrogen (secondary N) is 2. The number of hydrogen-bond acceptors (Lipinski definition) is 3. The second-order valence-corrected chi connectivity index (χ2v) is 4.83. The van der Waals surface area contributed by atoms with Crippen molar-refractivity contribution in [2.45, 2.75) is 13.8 Å². The van der Waals surface area contributed by atoms with E-state index in [2.05, 4.69) is 33.8 Å². The lowest BCUT2D eigenvalue weighted by Crippen LogP contribution is -2.24. The van der Waals surface area contributed by atoms with Crippen molar-refractivity contribution in [1.29, 1.82) is 0 Å². The summed E-state index contributed by atoms with van der Waals surface area (Å²) in [4.78, 5) is 3.94. The fraction of sp³-hybridized carbons (Fsp3) is 0.133.